The molecule has 1 fully saturated rings. The second-order valence-electron chi connectivity index (χ2n) is 8.94. The molecule has 1 amide bonds. The Labute approximate surface area is 148 Å². The van der Waals surface area contributed by atoms with E-state index in [4.69, 9.17) is 0 Å². The van der Waals surface area contributed by atoms with Gasteiger partial charge in [0.05, 0.1) is 12.0 Å². The molecule has 0 radical (unpaired) electrons. The van der Waals surface area contributed by atoms with Crippen LogP contribution < -0.4 is 0 Å². The standard InChI is InChI=1S/C21H31NOSi/c1-21(2,3)24(4,5)22-19(17-14-10-7-11-15-17)18(20(22)23)16-12-8-6-9-13-16/h6-8,10-11,14-16,18-19H,9,12-13H2,1-5H3/t16?,18-,19-/m0/s1. The van der Waals surface area contributed by atoms with E-state index in [2.05, 4.69) is 80.9 Å². The molecule has 0 N–H and O–H groups in total. The van der Waals surface area contributed by atoms with E-state index >= 15 is 0 Å². The minimum atomic E-state index is -1.87. The van der Waals surface area contributed by atoms with Gasteiger partial charge in [-0.15, -0.1) is 0 Å². The van der Waals surface area contributed by atoms with Crippen LogP contribution in [0.3, 0.4) is 0 Å². The number of carbonyl (C=O) groups excluding carboxylic acids is 1. The molecule has 1 saturated heterocycles. The number of hydrogen-bond donors (Lipinski definition) is 0. The number of benzene rings is 1. The summed E-state index contributed by atoms with van der Waals surface area (Å²) in [5, 5.41) is 0.174. The molecule has 0 aromatic heterocycles. The fraction of sp³-hybridized carbons (Fsp3) is 0.571. The lowest BCUT2D eigenvalue weighted by molar-refractivity contribution is -0.152. The predicted molar refractivity (Wildman–Crippen MR) is 103 cm³/mol. The van der Waals surface area contributed by atoms with E-state index in [1.54, 1.807) is 0 Å². The van der Waals surface area contributed by atoms with E-state index in [1.165, 1.54) is 5.56 Å². The van der Waals surface area contributed by atoms with E-state index in [9.17, 15) is 4.79 Å². The zero-order valence-corrected chi connectivity index (χ0v) is 16.8. The van der Waals surface area contributed by atoms with Crippen LogP contribution in [0.5, 0.6) is 0 Å². The maximum absolute atomic E-state index is 13.3. The molecule has 1 aliphatic heterocycles. The quantitative estimate of drug-likeness (QED) is 0.401. The number of β-lactam (4-membered cyclic amide) rings is 1. The van der Waals surface area contributed by atoms with E-state index in [-0.39, 0.29) is 17.0 Å². The molecule has 0 spiro atoms. The van der Waals surface area contributed by atoms with Gasteiger partial charge in [0.2, 0.25) is 5.91 Å². The first kappa shape index (κ1) is 17.5. The van der Waals surface area contributed by atoms with Crippen molar-refractivity contribution in [2.24, 2.45) is 11.8 Å². The maximum Gasteiger partial charge on any atom is 0.221 e. The number of rotatable bonds is 3. The Kier molecular flexibility index (Phi) is 4.50. The van der Waals surface area contributed by atoms with Crippen molar-refractivity contribution in [3.05, 3.63) is 48.0 Å². The normalized spacial score (nSPS) is 28.0. The van der Waals surface area contributed by atoms with Gasteiger partial charge in [-0.25, -0.2) is 0 Å². The van der Waals surface area contributed by atoms with Gasteiger partial charge in [-0.05, 0) is 35.8 Å². The highest BCUT2D eigenvalue weighted by atomic mass is 28.3. The van der Waals surface area contributed by atoms with Crippen molar-refractivity contribution >= 4 is 14.1 Å². The van der Waals surface area contributed by atoms with Gasteiger partial charge < -0.3 is 4.57 Å². The predicted octanol–water partition coefficient (Wildman–Crippen LogP) is 5.55. The minimum Gasteiger partial charge on any atom is -0.361 e. The Hall–Kier alpha value is -1.35. The second kappa shape index (κ2) is 6.18. The van der Waals surface area contributed by atoms with Gasteiger partial charge in [0.15, 0.2) is 8.24 Å². The highest BCUT2D eigenvalue weighted by Gasteiger charge is 2.59. The third-order valence-corrected chi connectivity index (χ3v) is 11.9. The zero-order chi connectivity index (χ0) is 17.5. The lowest BCUT2D eigenvalue weighted by Crippen LogP contribution is -2.69. The highest BCUT2D eigenvalue weighted by molar-refractivity contribution is 6.80. The summed E-state index contributed by atoms with van der Waals surface area (Å²) >= 11 is 0. The SMILES string of the molecule is CC(C)(C)[Si](C)(C)N1C(=O)[C@@H](C2CC=CCC2)[C@@H]1c1ccccc1. The van der Waals surface area contributed by atoms with Gasteiger partial charge in [0, 0.05) is 0 Å². The van der Waals surface area contributed by atoms with Gasteiger partial charge in [-0.2, -0.15) is 0 Å². The largest absolute Gasteiger partial charge is 0.361 e. The lowest BCUT2D eigenvalue weighted by Gasteiger charge is -2.60. The maximum atomic E-state index is 13.3. The van der Waals surface area contributed by atoms with Crippen LogP contribution in [0.15, 0.2) is 42.5 Å². The summed E-state index contributed by atoms with van der Waals surface area (Å²) < 4.78 is 2.31. The lowest BCUT2D eigenvalue weighted by atomic mass is 9.72. The third kappa shape index (κ3) is 2.77. The molecule has 2 aliphatic rings. The van der Waals surface area contributed by atoms with Crippen molar-refractivity contribution in [2.75, 3.05) is 0 Å². The number of hydrogen-bond acceptors (Lipinski definition) is 1. The van der Waals surface area contributed by atoms with Gasteiger partial charge in [0.25, 0.3) is 0 Å². The Morgan fingerprint density at radius 1 is 1.08 bits per heavy atom. The molecule has 1 aliphatic carbocycles. The van der Waals surface area contributed by atoms with Crippen LogP contribution in [-0.2, 0) is 4.79 Å². The minimum absolute atomic E-state index is 0.173. The summed E-state index contributed by atoms with van der Waals surface area (Å²) in [5.74, 6) is 1.09. The molecule has 3 atom stereocenters. The summed E-state index contributed by atoms with van der Waals surface area (Å²) in [6.45, 7) is 11.6. The van der Waals surface area contributed by atoms with Crippen molar-refractivity contribution in [3.63, 3.8) is 0 Å². The molecule has 130 valence electrons. The van der Waals surface area contributed by atoms with Crippen LogP contribution in [0.4, 0.5) is 0 Å². The molecular weight excluding hydrogens is 310 g/mol. The molecule has 0 bridgehead atoms. The van der Waals surface area contributed by atoms with Crippen molar-refractivity contribution < 1.29 is 4.79 Å². The monoisotopic (exact) mass is 341 g/mol. The molecule has 1 unspecified atom stereocenters. The van der Waals surface area contributed by atoms with E-state index in [1.807, 2.05) is 0 Å². The van der Waals surface area contributed by atoms with E-state index < -0.39 is 8.24 Å². The average Bonchev–Trinajstić information content (AvgIpc) is 2.53. The molecule has 3 rings (SSSR count). The van der Waals surface area contributed by atoms with Crippen molar-refractivity contribution in [3.8, 4) is 0 Å². The summed E-state index contributed by atoms with van der Waals surface area (Å²) in [4.78, 5) is 13.3. The zero-order valence-electron chi connectivity index (χ0n) is 15.8. The molecule has 1 aromatic carbocycles. The summed E-state index contributed by atoms with van der Waals surface area (Å²) in [6, 6.07) is 11.0. The molecule has 2 nitrogen and oxygen atoms in total. The summed E-state index contributed by atoms with van der Waals surface area (Å²) in [5.41, 5.74) is 1.32. The fourth-order valence-electron chi connectivity index (χ4n) is 4.11. The topological polar surface area (TPSA) is 20.3 Å². The van der Waals surface area contributed by atoms with Crippen molar-refractivity contribution in [2.45, 2.75) is 64.2 Å². The van der Waals surface area contributed by atoms with Gasteiger partial charge >= 0.3 is 0 Å². The average molecular weight is 342 g/mol. The van der Waals surface area contributed by atoms with Crippen molar-refractivity contribution in [1.82, 2.24) is 4.57 Å². The number of amides is 1. The van der Waals surface area contributed by atoms with Gasteiger partial charge in [-0.1, -0.05) is 76.3 Å². The number of carbonyl (C=O) groups is 1. The molecule has 1 heterocycles. The second-order valence-corrected chi connectivity index (χ2v) is 14.0. The Morgan fingerprint density at radius 3 is 2.29 bits per heavy atom. The van der Waals surface area contributed by atoms with Crippen LogP contribution in [-0.4, -0.2) is 18.7 Å². The first-order valence-corrected chi connectivity index (χ1v) is 12.2. The molecular formula is C21H31NOSi. The Balaban J connectivity index is 1.98. The van der Waals surface area contributed by atoms with Crippen LogP contribution in [0.1, 0.15) is 51.6 Å². The van der Waals surface area contributed by atoms with Crippen molar-refractivity contribution in [1.29, 1.82) is 0 Å². The fourth-order valence-corrected chi connectivity index (χ4v) is 6.53. The number of allylic oxidation sites excluding steroid dienone is 2. The first-order chi connectivity index (χ1) is 11.2. The molecule has 3 heteroatoms. The van der Waals surface area contributed by atoms with Gasteiger partial charge in [0.1, 0.15) is 0 Å². The molecule has 0 saturated carbocycles. The van der Waals surface area contributed by atoms with Crippen LogP contribution in [0, 0.1) is 11.8 Å². The van der Waals surface area contributed by atoms with Gasteiger partial charge in [-0.3, -0.25) is 4.79 Å². The third-order valence-electron chi connectivity index (χ3n) is 6.54. The first-order valence-electron chi connectivity index (χ1n) is 9.28. The van der Waals surface area contributed by atoms with Crippen LogP contribution >= 0.6 is 0 Å². The van der Waals surface area contributed by atoms with E-state index in [0.717, 1.165) is 19.3 Å². The molecule has 24 heavy (non-hydrogen) atoms. The Morgan fingerprint density at radius 2 is 1.75 bits per heavy atom. The Bertz CT molecular complexity index is 629. The van der Waals surface area contributed by atoms with Crippen LogP contribution in [0.25, 0.3) is 0 Å². The number of nitrogens with zero attached hydrogens (tertiary/aromatic N) is 1. The highest BCUT2D eigenvalue weighted by Crippen LogP contribution is 2.54. The summed E-state index contributed by atoms with van der Waals surface area (Å²) in [7, 11) is -1.87. The molecule has 1 aromatic rings. The van der Waals surface area contributed by atoms with Crippen LogP contribution in [0.2, 0.25) is 18.1 Å². The van der Waals surface area contributed by atoms with E-state index in [0.29, 0.717) is 11.8 Å². The smallest absolute Gasteiger partial charge is 0.221 e. The summed E-state index contributed by atoms with van der Waals surface area (Å²) in [6.07, 6.45) is 7.88.